The highest BCUT2D eigenvalue weighted by Crippen LogP contribution is 2.72. The van der Waals surface area contributed by atoms with E-state index in [4.69, 9.17) is 14.2 Å². The Morgan fingerprint density at radius 1 is 0.852 bits per heavy atom. The highest BCUT2D eigenvalue weighted by atomic mass is 16.7. The van der Waals surface area contributed by atoms with Gasteiger partial charge in [0.15, 0.2) is 6.29 Å². The van der Waals surface area contributed by atoms with Gasteiger partial charge in [-0.05, 0) is 81.0 Å². The Labute approximate surface area is 162 Å². The lowest BCUT2D eigenvalue weighted by molar-refractivity contribution is -0.188. The molecule has 5 heteroatoms. The van der Waals surface area contributed by atoms with Gasteiger partial charge in [-0.2, -0.15) is 0 Å². The molecule has 152 valence electrons. The Bertz CT molecular complexity index is 604. The Kier molecular flexibility index (Phi) is 5.02. The average molecular weight is 379 g/mol. The van der Waals surface area contributed by atoms with Gasteiger partial charge in [-0.25, -0.2) is 0 Å². The van der Waals surface area contributed by atoms with E-state index in [9.17, 15) is 9.59 Å². The number of rotatable bonds is 6. The molecule has 27 heavy (non-hydrogen) atoms. The van der Waals surface area contributed by atoms with Crippen molar-refractivity contribution in [3.05, 3.63) is 0 Å². The van der Waals surface area contributed by atoms with Crippen LogP contribution < -0.4 is 0 Å². The molecule has 0 aliphatic heterocycles. The predicted octanol–water partition coefficient (Wildman–Crippen LogP) is 3.51. The lowest BCUT2D eigenvalue weighted by Crippen LogP contribution is -2.48. The summed E-state index contributed by atoms with van der Waals surface area (Å²) < 4.78 is 16.4. The SMILES string of the molecule is CCOC(=O)C1C2CC(C1C(=O)OC(C)OCC)C1C3CC(C(C)C3C)C21. The second kappa shape index (κ2) is 7.06. The molecule has 0 amide bonds. The topological polar surface area (TPSA) is 61.8 Å². The van der Waals surface area contributed by atoms with Crippen molar-refractivity contribution in [3.63, 3.8) is 0 Å². The zero-order valence-corrected chi connectivity index (χ0v) is 17.2. The summed E-state index contributed by atoms with van der Waals surface area (Å²) in [6, 6.07) is 0. The van der Waals surface area contributed by atoms with Crippen molar-refractivity contribution >= 4 is 11.9 Å². The van der Waals surface area contributed by atoms with Crippen molar-refractivity contribution in [1.29, 1.82) is 0 Å². The van der Waals surface area contributed by atoms with Gasteiger partial charge in [-0.1, -0.05) is 13.8 Å². The molecule has 11 unspecified atom stereocenters. The summed E-state index contributed by atoms with van der Waals surface area (Å²) in [5.74, 6) is 3.42. The summed E-state index contributed by atoms with van der Waals surface area (Å²) >= 11 is 0. The molecular weight excluding hydrogens is 344 g/mol. The summed E-state index contributed by atoms with van der Waals surface area (Å²) in [5, 5.41) is 0. The maximum Gasteiger partial charge on any atom is 0.312 e. The van der Waals surface area contributed by atoms with Gasteiger partial charge in [0.05, 0.1) is 18.4 Å². The number of carbonyl (C=O) groups is 2. The monoisotopic (exact) mass is 378 g/mol. The van der Waals surface area contributed by atoms with E-state index >= 15 is 0 Å². The maximum atomic E-state index is 13.1. The van der Waals surface area contributed by atoms with Crippen LogP contribution in [-0.4, -0.2) is 31.4 Å². The molecule has 0 N–H and O–H groups in total. The zero-order chi connectivity index (χ0) is 19.5. The van der Waals surface area contributed by atoms with Crippen molar-refractivity contribution in [2.24, 2.45) is 59.2 Å². The van der Waals surface area contributed by atoms with Crippen molar-refractivity contribution in [2.75, 3.05) is 13.2 Å². The number of esters is 2. The molecule has 4 aliphatic rings. The van der Waals surface area contributed by atoms with E-state index in [1.165, 1.54) is 6.42 Å². The molecule has 0 radical (unpaired) electrons. The summed E-state index contributed by atoms with van der Waals surface area (Å²) in [4.78, 5) is 25.9. The minimum Gasteiger partial charge on any atom is -0.466 e. The number of hydrogen-bond acceptors (Lipinski definition) is 5. The number of hydrogen-bond donors (Lipinski definition) is 0. The number of carbonyl (C=O) groups excluding carboxylic acids is 2. The lowest BCUT2D eigenvalue weighted by atomic mass is 9.59. The highest BCUT2D eigenvalue weighted by Gasteiger charge is 2.71. The summed E-state index contributed by atoms with van der Waals surface area (Å²) in [5.41, 5.74) is 0. The molecule has 0 aromatic heterocycles. The van der Waals surface area contributed by atoms with E-state index in [1.807, 2.05) is 13.8 Å². The Hall–Kier alpha value is -1.10. The first-order chi connectivity index (χ1) is 12.9. The van der Waals surface area contributed by atoms with E-state index < -0.39 is 6.29 Å². The van der Waals surface area contributed by atoms with Crippen LogP contribution in [-0.2, 0) is 23.8 Å². The van der Waals surface area contributed by atoms with Gasteiger partial charge in [0.25, 0.3) is 0 Å². The first-order valence-electron chi connectivity index (χ1n) is 10.9. The Balaban J connectivity index is 1.60. The quantitative estimate of drug-likeness (QED) is 0.402. The third-order valence-corrected chi connectivity index (χ3v) is 8.51. The second-order valence-corrected chi connectivity index (χ2v) is 9.26. The molecule has 5 nitrogen and oxygen atoms in total. The van der Waals surface area contributed by atoms with Crippen molar-refractivity contribution in [1.82, 2.24) is 0 Å². The molecule has 4 fully saturated rings. The van der Waals surface area contributed by atoms with Crippen LogP contribution in [0.5, 0.6) is 0 Å². The number of fused-ring (bicyclic) bond motifs is 9. The molecule has 0 aromatic rings. The third kappa shape index (κ3) is 2.75. The summed E-state index contributed by atoms with van der Waals surface area (Å²) in [6.45, 7) is 11.1. The largest absolute Gasteiger partial charge is 0.466 e. The fourth-order valence-electron chi connectivity index (χ4n) is 7.64. The van der Waals surface area contributed by atoms with E-state index in [0.29, 0.717) is 36.9 Å². The normalized spacial score (nSPS) is 47.7. The van der Waals surface area contributed by atoms with Gasteiger partial charge in [-0.3, -0.25) is 9.59 Å². The molecule has 4 aliphatic carbocycles. The highest BCUT2D eigenvalue weighted by molar-refractivity contribution is 5.84. The number of ether oxygens (including phenoxy) is 3. The lowest BCUT2D eigenvalue weighted by Gasteiger charge is -2.45. The molecule has 11 atom stereocenters. The van der Waals surface area contributed by atoms with E-state index in [1.54, 1.807) is 6.92 Å². The molecule has 0 saturated heterocycles. The van der Waals surface area contributed by atoms with Crippen LogP contribution in [0.2, 0.25) is 0 Å². The molecular formula is C22H34O5. The van der Waals surface area contributed by atoms with Gasteiger partial charge in [0, 0.05) is 6.61 Å². The van der Waals surface area contributed by atoms with Crippen LogP contribution in [0.3, 0.4) is 0 Å². The van der Waals surface area contributed by atoms with Gasteiger partial charge in [0.1, 0.15) is 0 Å². The van der Waals surface area contributed by atoms with Crippen molar-refractivity contribution in [2.45, 2.75) is 53.8 Å². The van der Waals surface area contributed by atoms with Crippen LogP contribution in [0.15, 0.2) is 0 Å². The van der Waals surface area contributed by atoms with Crippen LogP contribution in [0.1, 0.15) is 47.5 Å². The molecule has 4 rings (SSSR count). The minimum absolute atomic E-state index is 0.196. The van der Waals surface area contributed by atoms with Gasteiger partial charge < -0.3 is 14.2 Å². The van der Waals surface area contributed by atoms with Crippen molar-refractivity contribution in [3.8, 4) is 0 Å². The molecule has 0 heterocycles. The second-order valence-electron chi connectivity index (χ2n) is 9.26. The predicted molar refractivity (Wildman–Crippen MR) is 99.3 cm³/mol. The van der Waals surface area contributed by atoms with Gasteiger partial charge in [0.2, 0.25) is 0 Å². The third-order valence-electron chi connectivity index (χ3n) is 8.51. The van der Waals surface area contributed by atoms with E-state index in [-0.39, 0.29) is 35.6 Å². The van der Waals surface area contributed by atoms with Gasteiger partial charge >= 0.3 is 11.9 Å². The Morgan fingerprint density at radius 3 is 1.89 bits per heavy atom. The Morgan fingerprint density at radius 2 is 1.37 bits per heavy atom. The molecule has 0 spiro atoms. The molecule has 4 bridgehead atoms. The van der Waals surface area contributed by atoms with Crippen LogP contribution in [0.25, 0.3) is 0 Å². The van der Waals surface area contributed by atoms with Crippen LogP contribution in [0, 0.1) is 59.2 Å². The van der Waals surface area contributed by atoms with E-state index in [0.717, 1.165) is 18.3 Å². The van der Waals surface area contributed by atoms with E-state index in [2.05, 4.69) is 13.8 Å². The fourth-order valence-corrected chi connectivity index (χ4v) is 7.64. The molecule has 4 saturated carbocycles. The standard InChI is InChI=1S/C22H34O5/c1-6-25-12(5)27-22(24)20-16-9-15(19(20)21(23)26-7-2)17-13-8-14(18(16)17)11(4)10(13)3/h10-20H,6-9H2,1-5H3. The average Bonchev–Trinajstić information content (AvgIpc) is 3.33. The maximum absolute atomic E-state index is 13.1. The minimum atomic E-state index is -0.570. The zero-order valence-electron chi connectivity index (χ0n) is 17.2. The van der Waals surface area contributed by atoms with Crippen LogP contribution in [0.4, 0.5) is 0 Å². The first kappa shape index (κ1) is 19.2. The fraction of sp³-hybridized carbons (Fsp3) is 0.909. The first-order valence-corrected chi connectivity index (χ1v) is 10.9. The van der Waals surface area contributed by atoms with Crippen molar-refractivity contribution < 1.29 is 23.8 Å². The summed E-state index contributed by atoms with van der Waals surface area (Å²) in [6.07, 6.45) is 1.69. The smallest absolute Gasteiger partial charge is 0.312 e. The van der Waals surface area contributed by atoms with Gasteiger partial charge in [-0.15, -0.1) is 0 Å². The summed E-state index contributed by atoms with van der Waals surface area (Å²) in [7, 11) is 0. The molecule has 0 aromatic carbocycles. The van der Waals surface area contributed by atoms with Crippen LogP contribution >= 0.6 is 0 Å².